The smallest absolute Gasteiger partial charge is 0.333 e. The molecule has 0 aromatic heterocycles. The fourth-order valence-electron chi connectivity index (χ4n) is 1.87. The minimum Gasteiger partial charge on any atom is -0.508 e. The number of aliphatic hydroxyl groups is 3. The predicted octanol–water partition coefficient (Wildman–Crippen LogP) is -0.612. The van der Waals surface area contributed by atoms with Crippen molar-refractivity contribution in [2.75, 3.05) is 6.61 Å². The summed E-state index contributed by atoms with van der Waals surface area (Å²) in [5.74, 6) is -0.654. The maximum absolute atomic E-state index is 11.6. The van der Waals surface area contributed by atoms with Gasteiger partial charge in [-0.15, -0.1) is 0 Å². The maximum Gasteiger partial charge on any atom is 0.333 e. The number of aliphatic hydroxyl groups excluding tert-OH is 3. The Balaban J connectivity index is 1.91. The molecule has 0 aliphatic carbocycles. The first kappa shape index (κ1) is 15.5. The van der Waals surface area contributed by atoms with E-state index < -0.39 is 37.2 Å². The van der Waals surface area contributed by atoms with Gasteiger partial charge in [0, 0.05) is 6.08 Å². The van der Waals surface area contributed by atoms with Crippen LogP contribution < -0.4 is 0 Å². The highest BCUT2D eigenvalue weighted by Gasteiger charge is 2.44. The lowest BCUT2D eigenvalue weighted by atomic mass is 10.1. The topological polar surface area (TPSA) is 116 Å². The fourth-order valence-corrected chi connectivity index (χ4v) is 1.87. The van der Waals surface area contributed by atoms with E-state index in [1.54, 1.807) is 12.1 Å². The van der Waals surface area contributed by atoms with Gasteiger partial charge >= 0.3 is 5.97 Å². The highest BCUT2D eigenvalue weighted by atomic mass is 16.7. The number of carbonyl (C=O) groups excluding carboxylic acids is 1. The van der Waals surface area contributed by atoms with Gasteiger partial charge in [0.15, 0.2) is 0 Å². The van der Waals surface area contributed by atoms with Crippen LogP contribution in [0.2, 0.25) is 0 Å². The first-order chi connectivity index (χ1) is 10.0. The molecular weight excluding hydrogens is 280 g/mol. The zero-order valence-corrected chi connectivity index (χ0v) is 11.0. The molecule has 1 heterocycles. The van der Waals surface area contributed by atoms with Crippen molar-refractivity contribution in [3.05, 3.63) is 35.9 Å². The number of phenols is 1. The van der Waals surface area contributed by atoms with Crippen molar-refractivity contribution in [2.45, 2.75) is 24.6 Å². The van der Waals surface area contributed by atoms with Gasteiger partial charge in [0.1, 0.15) is 24.1 Å². The summed E-state index contributed by atoms with van der Waals surface area (Å²) in [6.45, 7) is -0.490. The standard InChI is InChI=1S/C14H16O7/c15-7-10-12(18)13(19)14(20-10)21-11(17)6-3-8-1-4-9(16)5-2-8/h1-6,10,12-16,18-19H,7H2/b6-3+/t10-,12-,13+,14?/m1/s1. The lowest BCUT2D eigenvalue weighted by Gasteiger charge is -2.13. The molecule has 0 spiro atoms. The second-order valence-electron chi connectivity index (χ2n) is 4.57. The Morgan fingerprint density at radius 1 is 1.24 bits per heavy atom. The Bertz CT molecular complexity index is 511. The largest absolute Gasteiger partial charge is 0.508 e. The van der Waals surface area contributed by atoms with E-state index >= 15 is 0 Å². The van der Waals surface area contributed by atoms with Crippen molar-refractivity contribution < 1.29 is 34.7 Å². The van der Waals surface area contributed by atoms with Crippen LogP contribution >= 0.6 is 0 Å². The number of hydrogen-bond acceptors (Lipinski definition) is 7. The van der Waals surface area contributed by atoms with Crippen molar-refractivity contribution >= 4 is 12.0 Å². The van der Waals surface area contributed by atoms with Gasteiger partial charge in [-0.2, -0.15) is 0 Å². The fraction of sp³-hybridized carbons (Fsp3) is 0.357. The van der Waals surface area contributed by atoms with Gasteiger partial charge in [0.25, 0.3) is 0 Å². The van der Waals surface area contributed by atoms with Gasteiger partial charge < -0.3 is 29.9 Å². The molecule has 1 aliphatic heterocycles. The number of ether oxygens (including phenoxy) is 2. The molecule has 2 rings (SSSR count). The number of rotatable bonds is 4. The monoisotopic (exact) mass is 296 g/mol. The van der Waals surface area contributed by atoms with Crippen molar-refractivity contribution in [3.63, 3.8) is 0 Å². The lowest BCUT2D eigenvalue weighted by Crippen LogP contribution is -2.35. The molecular formula is C14H16O7. The predicted molar refractivity (Wildman–Crippen MR) is 71.0 cm³/mol. The number of carbonyl (C=O) groups is 1. The average Bonchev–Trinajstić information content (AvgIpc) is 2.74. The van der Waals surface area contributed by atoms with E-state index in [4.69, 9.17) is 19.7 Å². The minimum atomic E-state index is -1.41. The molecule has 1 unspecified atom stereocenters. The Morgan fingerprint density at radius 3 is 2.48 bits per heavy atom. The lowest BCUT2D eigenvalue weighted by molar-refractivity contribution is -0.184. The summed E-state index contributed by atoms with van der Waals surface area (Å²) in [5, 5.41) is 37.1. The van der Waals surface area contributed by atoms with Gasteiger partial charge in [-0.05, 0) is 23.8 Å². The van der Waals surface area contributed by atoms with Gasteiger partial charge in [-0.3, -0.25) is 0 Å². The van der Waals surface area contributed by atoms with E-state index in [1.165, 1.54) is 18.2 Å². The van der Waals surface area contributed by atoms with Crippen LogP contribution in [-0.2, 0) is 14.3 Å². The first-order valence-corrected chi connectivity index (χ1v) is 6.31. The Kier molecular flexibility index (Phi) is 4.92. The molecule has 1 aromatic carbocycles. The second-order valence-corrected chi connectivity index (χ2v) is 4.57. The van der Waals surface area contributed by atoms with E-state index in [1.807, 2.05) is 0 Å². The Morgan fingerprint density at radius 2 is 1.90 bits per heavy atom. The number of hydrogen-bond donors (Lipinski definition) is 4. The summed E-state index contributed by atoms with van der Waals surface area (Å²) in [6, 6.07) is 6.14. The molecule has 1 aromatic rings. The van der Waals surface area contributed by atoms with Gasteiger partial charge in [0.2, 0.25) is 6.29 Å². The van der Waals surface area contributed by atoms with Crippen molar-refractivity contribution in [3.8, 4) is 5.75 Å². The molecule has 114 valence electrons. The van der Waals surface area contributed by atoms with Crippen LogP contribution in [0.5, 0.6) is 5.75 Å². The van der Waals surface area contributed by atoms with Crippen LogP contribution in [0.1, 0.15) is 5.56 Å². The molecule has 7 nitrogen and oxygen atoms in total. The third kappa shape index (κ3) is 3.79. The summed E-state index contributed by atoms with van der Waals surface area (Å²) in [7, 11) is 0. The number of esters is 1. The minimum absolute atomic E-state index is 0.112. The highest BCUT2D eigenvalue weighted by Crippen LogP contribution is 2.22. The van der Waals surface area contributed by atoms with Crippen molar-refractivity contribution in [1.29, 1.82) is 0 Å². The Hall–Kier alpha value is -1.93. The third-order valence-electron chi connectivity index (χ3n) is 3.04. The highest BCUT2D eigenvalue weighted by molar-refractivity contribution is 5.87. The van der Waals surface area contributed by atoms with Crippen LogP contribution in [-0.4, -0.2) is 57.6 Å². The quantitative estimate of drug-likeness (QED) is 0.432. The average molecular weight is 296 g/mol. The van der Waals surface area contributed by atoms with Gasteiger partial charge in [-0.25, -0.2) is 4.79 Å². The van der Waals surface area contributed by atoms with Crippen LogP contribution in [0.15, 0.2) is 30.3 Å². The van der Waals surface area contributed by atoms with Crippen LogP contribution in [0.25, 0.3) is 6.08 Å². The SMILES string of the molecule is O=C(/C=C/c1ccc(O)cc1)OC1O[C@H](CO)[C@@H](O)[C@@H]1O. The second kappa shape index (κ2) is 6.68. The summed E-state index contributed by atoms with van der Waals surface area (Å²) in [5.41, 5.74) is 0.672. The van der Waals surface area contributed by atoms with E-state index in [2.05, 4.69) is 0 Å². The molecule has 1 aliphatic rings. The molecule has 1 fully saturated rings. The Labute approximate surface area is 120 Å². The third-order valence-corrected chi connectivity index (χ3v) is 3.04. The molecule has 0 radical (unpaired) electrons. The summed E-state index contributed by atoms with van der Waals surface area (Å²) in [4.78, 5) is 11.6. The van der Waals surface area contributed by atoms with Crippen molar-refractivity contribution in [1.82, 2.24) is 0 Å². The van der Waals surface area contributed by atoms with Crippen LogP contribution in [0.4, 0.5) is 0 Å². The number of aromatic hydroxyl groups is 1. The first-order valence-electron chi connectivity index (χ1n) is 6.31. The van der Waals surface area contributed by atoms with E-state index in [0.29, 0.717) is 5.56 Å². The summed E-state index contributed by atoms with van der Waals surface area (Å²) < 4.78 is 9.87. The summed E-state index contributed by atoms with van der Waals surface area (Å²) >= 11 is 0. The van der Waals surface area contributed by atoms with E-state index in [0.717, 1.165) is 6.08 Å². The molecule has 0 bridgehead atoms. The van der Waals surface area contributed by atoms with Gasteiger partial charge in [0.05, 0.1) is 6.61 Å². The molecule has 4 atom stereocenters. The van der Waals surface area contributed by atoms with Crippen LogP contribution in [0.3, 0.4) is 0 Å². The number of benzene rings is 1. The summed E-state index contributed by atoms with van der Waals surface area (Å²) in [6.07, 6.45) is -2.44. The van der Waals surface area contributed by atoms with Gasteiger partial charge in [-0.1, -0.05) is 12.1 Å². The maximum atomic E-state index is 11.6. The zero-order valence-electron chi connectivity index (χ0n) is 11.0. The molecule has 0 saturated carbocycles. The van der Waals surface area contributed by atoms with E-state index in [9.17, 15) is 15.0 Å². The normalized spacial score (nSPS) is 28.9. The molecule has 0 amide bonds. The number of phenolic OH excluding ortho intramolecular Hbond substituents is 1. The molecule has 21 heavy (non-hydrogen) atoms. The zero-order chi connectivity index (χ0) is 15.4. The molecule has 7 heteroatoms. The van der Waals surface area contributed by atoms with E-state index in [-0.39, 0.29) is 5.75 Å². The van der Waals surface area contributed by atoms with Crippen molar-refractivity contribution in [2.24, 2.45) is 0 Å². The molecule has 1 saturated heterocycles. The van der Waals surface area contributed by atoms with Crippen LogP contribution in [0, 0.1) is 0 Å². The molecule has 4 N–H and O–H groups in total.